The van der Waals surface area contributed by atoms with Gasteiger partial charge >= 0.3 is 48.1 Å². The summed E-state index contributed by atoms with van der Waals surface area (Å²) in [6, 6.07) is 0. The summed E-state index contributed by atoms with van der Waals surface area (Å²) in [5, 5.41) is 26.3. The summed E-state index contributed by atoms with van der Waals surface area (Å²) in [7, 11) is -10.8. The molecule has 0 aromatic rings. The topological polar surface area (TPSA) is 295 Å². The summed E-state index contributed by atoms with van der Waals surface area (Å²) in [4.78, 5) is 72.8. The van der Waals surface area contributed by atoms with Crippen LogP contribution in [0.1, 0.15) is 12.8 Å². The molecular weight excluding hydrogens is 483 g/mol. The highest BCUT2D eigenvalue weighted by Crippen LogP contribution is 2.36. The van der Waals surface area contributed by atoms with E-state index in [1.807, 2.05) is 0 Å². The summed E-state index contributed by atoms with van der Waals surface area (Å²) < 4.78 is 57.6. The normalized spacial score (nSPS) is 14.7. The standard InChI is InChI=1S/C11H15O18PS/c12-6(13)1-11(10(18)19,29-31(23,24)25)2-7(14)28-5(4-27-30(20,21)22)3-26-9(17)8(15)16/h5H,1-4H2,(H,12,13)(H,15,16)(H,18,19)(H2,20,21,22)(H,23,24,25). The molecule has 2 unspecified atom stereocenters. The Morgan fingerprint density at radius 1 is 0.968 bits per heavy atom. The number of phosphoric acid groups is 1. The molecule has 0 bridgehead atoms. The van der Waals surface area contributed by atoms with E-state index in [9.17, 15) is 37.0 Å². The number of carbonyl (C=O) groups excluding carboxylic acids is 2. The van der Waals surface area contributed by atoms with Crippen molar-refractivity contribution in [2.45, 2.75) is 24.5 Å². The third-order valence-corrected chi connectivity index (χ3v) is 3.84. The first-order chi connectivity index (χ1) is 13.9. The smallest absolute Gasteiger partial charge is 0.469 e. The van der Waals surface area contributed by atoms with Crippen LogP contribution in [0.2, 0.25) is 0 Å². The van der Waals surface area contributed by atoms with Gasteiger partial charge in [0.15, 0.2) is 6.10 Å². The van der Waals surface area contributed by atoms with Crippen LogP contribution in [-0.2, 0) is 57.1 Å². The highest BCUT2D eigenvalue weighted by Gasteiger charge is 2.49. The lowest BCUT2D eigenvalue weighted by molar-refractivity contribution is -0.175. The number of rotatable bonds is 13. The first-order valence-electron chi connectivity index (χ1n) is 7.30. The predicted molar refractivity (Wildman–Crippen MR) is 86.3 cm³/mol. The average Bonchev–Trinajstić information content (AvgIpc) is 2.53. The number of phosphoric ester groups is 1. The zero-order valence-electron chi connectivity index (χ0n) is 14.8. The predicted octanol–water partition coefficient (Wildman–Crippen LogP) is -2.86. The monoisotopic (exact) mass is 498 g/mol. The van der Waals surface area contributed by atoms with Crippen LogP contribution < -0.4 is 0 Å². The molecule has 0 aliphatic heterocycles. The van der Waals surface area contributed by atoms with Crippen LogP contribution in [0.15, 0.2) is 0 Å². The third kappa shape index (κ3) is 11.9. The molecule has 0 aliphatic carbocycles. The van der Waals surface area contributed by atoms with Crippen LogP contribution in [-0.4, -0.2) is 92.8 Å². The van der Waals surface area contributed by atoms with E-state index in [1.165, 1.54) is 0 Å². The van der Waals surface area contributed by atoms with Crippen molar-refractivity contribution in [2.24, 2.45) is 0 Å². The minimum Gasteiger partial charge on any atom is -0.481 e. The minimum atomic E-state index is -5.62. The van der Waals surface area contributed by atoms with E-state index in [4.69, 9.17) is 29.7 Å². The van der Waals surface area contributed by atoms with Crippen molar-refractivity contribution in [3.05, 3.63) is 0 Å². The Labute approximate surface area is 171 Å². The molecule has 178 valence electrons. The maximum absolute atomic E-state index is 12.0. The Kier molecular flexibility index (Phi) is 10.1. The molecular formula is C11H15O18PS. The van der Waals surface area contributed by atoms with Crippen LogP contribution in [0.25, 0.3) is 0 Å². The number of hydrogen-bond acceptors (Lipinski definition) is 12. The molecule has 0 amide bonds. The summed E-state index contributed by atoms with van der Waals surface area (Å²) >= 11 is 0. The van der Waals surface area contributed by atoms with E-state index in [2.05, 4.69) is 18.2 Å². The molecule has 18 nitrogen and oxygen atoms in total. The van der Waals surface area contributed by atoms with Crippen LogP contribution in [0.3, 0.4) is 0 Å². The van der Waals surface area contributed by atoms with Crippen LogP contribution in [0, 0.1) is 0 Å². The molecule has 6 N–H and O–H groups in total. The fourth-order valence-electron chi connectivity index (χ4n) is 1.74. The second kappa shape index (κ2) is 11.1. The van der Waals surface area contributed by atoms with Crippen molar-refractivity contribution in [2.75, 3.05) is 13.2 Å². The van der Waals surface area contributed by atoms with Gasteiger partial charge in [0.2, 0.25) is 5.60 Å². The first kappa shape index (κ1) is 28.3. The highest BCUT2D eigenvalue weighted by molar-refractivity contribution is 7.81. The van der Waals surface area contributed by atoms with Crippen molar-refractivity contribution < 1.29 is 84.8 Å². The third-order valence-electron chi connectivity index (χ3n) is 2.82. The Balaban J connectivity index is 5.62. The fourth-order valence-corrected chi connectivity index (χ4v) is 2.69. The van der Waals surface area contributed by atoms with E-state index in [1.54, 1.807) is 0 Å². The molecule has 0 radical (unpaired) electrons. The summed E-state index contributed by atoms with van der Waals surface area (Å²) in [5.41, 5.74) is -3.41. The Morgan fingerprint density at radius 3 is 1.90 bits per heavy atom. The molecule has 0 spiro atoms. The van der Waals surface area contributed by atoms with Gasteiger partial charge in [0, 0.05) is 0 Å². The van der Waals surface area contributed by atoms with Crippen molar-refractivity contribution in [1.82, 2.24) is 0 Å². The van der Waals surface area contributed by atoms with E-state index >= 15 is 0 Å². The first-order valence-corrected chi connectivity index (χ1v) is 10.2. The minimum absolute atomic E-state index is 1.19. The van der Waals surface area contributed by atoms with Gasteiger partial charge in [-0.2, -0.15) is 8.42 Å². The van der Waals surface area contributed by atoms with Crippen molar-refractivity contribution >= 4 is 48.1 Å². The van der Waals surface area contributed by atoms with Gasteiger partial charge in [-0.1, -0.05) is 0 Å². The van der Waals surface area contributed by atoms with Crippen molar-refractivity contribution in [1.29, 1.82) is 0 Å². The van der Waals surface area contributed by atoms with Gasteiger partial charge in [0.25, 0.3) is 0 Å². The van der Waals surface area contributed by atoms with Gasteiger partial charge in [0.1, 0.15) is 6.61 Å². The zero-order valence-corrected chi connectivity index (χ0v) is 16.6. The quantitative estimate of drug-likeness (QED) is 0.0643. The number of esters is 2. The number of carbonyl (C=O) groups is 5. The van der Waals surface area contributed by atoms with Crippen LogP contribution >= 0.6 is 7.82 Å². The maximum atomic E-state index is 12.0. The molecule has 0 rings (SSSR count). The van der Waals surface area contributed by atoms with E-state index < -0.39 is 85.8 Å². The summed E-state index contributed by atoms with van der Waals surface area (Å²) in [5.74, 6) is -10.1. The summed E-state index contributed by atoms with van der Waals surface area (Å²) in [6.07, 6.45) is -5.37. The van der Waals surface area contributed by atoms with Crippen molar-refractivity contribution in [3.63, 3.8) is 0 Å². The Morgan fingerprint density at radius 2 is 1.52 bits per heavy atom. The van der Waals surface area contributed by atoms with Gasteiger partial charge in [-0.25, -0.2) is 23.1 Å². The lowest BCUT2D eigenvalue weighted by Crippen LogP contribution is -2.47. The molecule has 0 saturated carbocycles. The summed E-state index contributed by atoms with van der Waals surface area (Å²) in [6.45, 7) is -2.42. The van der Waals surface area contributed by atoms with Crippen LogP contribution in [0.5, 0.6) is 0 Å². The fraction of sp³-hybridized carbons (Fsp3) is 0.545. The largest absolute Gasteiger partial charge is 0.481 e. The van der Waals surface area contributed by atoms with Crippen molar-refractivity contribution in [3.8, 4) is 0 Å². The van der Waals surface area contributed by atoms with E-state index in [0.29, 0.717) is 0 Å². The molecule has 0 saturated heterocycles. The number of ether oxygens (including phenoxy) is 2. The number of carboxylic acid groups (broad SMARTS) is 3. The molecule has 31 heavy (non-hydrogen) atoms. The SMILES string of the molecule is O=C(O)CC(CC(=O)OC(COC(=O)C(=O)O)COP(=O)(O)O)(OS(=O)(=O)O)C(=O)O. The molecule has 0 fully saturated rings. The van der Waals surface area contributed by atoms with Gasteiger partial charge in [0.05, 0.1) is 19.4 Å². The van der Waals surface area contributed by atoms with Gasteiger partial charge < -0.3 is 34.6 Å². The number of carboxylic acids is 3. The molecule has 0 aromatic heterocycles. The molecule has 2 atom stereocenters. The Hall–Kier alpha value is -2.67. The van der Waals surface area contributed by atoms with E-state index in [-0.39, 0.29) is 0 Å². The second-order valence-electron chi connectivity index (χ2n) is 5.36. The number of aliphatic carboxylic acids is 3. The second-order valence-corrected chi connectivity index (χ2v) is 7.62. The zero-order chi connectivity index (χ0) is 24.6. The lowest BCUT2D eigenvalue weighted by Gasteiger charge is -2.26. The van der Waals surface area contributed by atoms with Gasteiger partial charge in [-0.15, -0.1) is 0 Å². The lowest BCUT2D eigenvalue weighted by atomic mass is 9.96. The van der Waals surface area contributed by atoms with Crippen LogP contribution in [0.4, 0.5) is 0 Å². The van der Waals surface area contributed by atoms with Gasteiger partial charge in [-0.3, -0.25) is 18.7 Å². The number of hydrogen-bond donors (Lipinski definition) is 6. The average molecular weight is 498 g/mol. The van der Waals surface area contributed by atoms with Gasteiger partial charge in [-0.05, 0) is 0 Å². The molecule has 0 aliphatic rings. The Bertz CT molecular complexity index is 871. The molecule has 0 aromatic carbocycles. The highest BCUT2D eigenvalue weighted by atomic mass is 32.3. The van der Waals surface area contributed by atoms with E-state index in [0.717, 1.165) is 0 Å². The molecule has 0 heterocycles. The maximum Gasteiger partial charge on any atom is 0.469 e. The molecule has 20 heteroatoms.